The van der Waals surface area contributed by atoms with Crippen molar-refractivity contribution in [2.24, 2.45) is 0 Å². The largest absolute Gasteiger partial charge is 0.480 e. The minimum atomic E-state index is -1.04. The predicted molar refractivity (Wildman–Crippen MR) is 62.5 cm³/mol. The van der Waals surface area contributed by atoms with E-state index in [1.54, 1.807) is 0 Å². The van der Waals surface area contributed by atoms with Gasteiger partial charge in [0.2, 0.25) is 5.91 Å². The number of carboxylic acid groups (broad SMARTS) is 1. The van der Waals surface area contributed by atoms with Crippen LogP contribution in [0.15, 0.2) is 0 Å². The van der Waals surface area contributed by atoms with Crippen molar-refractivity contribution in [3.8, 4) is 0 Å². The topological polar surface area (TPSA) is 83.5 Å². The first kappa shape index (κ1) is 15.0. The number of aliphatic carboxylic acids is 1. The Hall–Kier alpha value is -1.04. The molecule has 6 heteroatoms. The van der Waals surface area contributed by atoms with Crippen LogP contribution in [0.2, 0.25) is 0 Å². The molecule has 2 N–H and O–H groups in total. The zero-order valence-electron chi connectivity index (χ0n) is 9.49. The average Bonchev–Trinajstić information content (AvgIpc) is 2.20. The second-order valence-corrected chi connectivity index (χ2v) is 4.43. The first-order valence-corrected chi connectivity index (χ1v) is 6.37. The van der Waals surface area contributed by atoms with Crippen molar-refractivity contribution >= 4 is 29.4 Å². The summed E-state index contributed by atoms with van der Waals surface area (Å²) >= 11 is 1.52. The molecule has 0 aliphatic rings. The van der Waals surface area contributed by atoms with Crippen molar-refractivity contribution in [3.63, 3.8) is 0 Å². The third-order valence-electron chi connectivity index (χ3n) is 1.95. The molecule has 0 aromatic carbocycles. The molecule has 0 heterocycles. The summed E-state index contributed by atoms with van der Waals surface area (Å²) in [5, 5.41) is 11.2. The Morgan fingerprint density at radius 1 is 1.31 bits per heavy atom. The van der Waals surface area contributed by atoms with Gasteiger partial charge in [-0.2, -0.15) is 11.8 Å². The first-order valence-electron chi connectivity index (χ1n) is 4.98. The van der Waals surface area contributed by atoms with Crippen LogP contribution < -0.4 is 5.32 Å². The molecule has 1 atom stereocenters. The number of hydrogen-bond acceptors (Lipinski definition) is 4. The molecular weight excluding hydrogens is 230 g/mol. The van der Waals surface area contributed by atoms with Gasteiger partial charge < -0.3 is 15.2 Å². The van der Waals surface area contributed by atoms with E-state index in [2.05, 4.69) is 5.32 Å². The fourth-order valence-corrected chi connectivity index (χ4v) is 1.52. The van der Waals surface area contributed by atoms with Crippen molar-refractivity contribution < 1.29 is 19.5 Å². The highest BCUT2D eigenvalue weighted by Gasteiger charge is 2.19. The number of ketones is 1. The molecular formula is C10H17NO4S. The van der Waals surface area contributed by atoms with Crippen LogP contribution in [-0.4, -0.2) is 40.8 Å². The number of Topliss-reactive ketones (excluding diaryl/α,β-unsaturated/α-hetero) is 1. The third kappa shape index (κ3) is 7.28. The number of amides is 1. The van der Waals surface area contributed by atoms with E-state index < -0.39 is 12.0 Å². The second-order valence-electron chi connectivity index (χ2n) is 3.44. The van der Waals surface area contributed by atoms with Gasteiger partial charge in [0.05, 0.1) is 0 Å². The monoisotopic (exact) mass is 247 g/mol. The van der Waals surface area contributed by atoms with Gasteiger partial charge in [-0.05, 0) is 25.4 Å². The molecule has 0 radical (unpaired) electrons. The number of carbonyl (C=O) groups is 3. The van der Waals surface area contributed by atoms with Gasteiger partial charge in [0.15, 0.2) is 0 Å². The lowest BCUT2D eigenvalue weighted by atomic mass is 10.2. The summed E-state index contributed by atoms with van der Waals surface area (Å²) in [6.07, 6.45) is 2.47. The van der Waals surface area contributed by atoms with Crippen LogP contribution in [-0.2, 0) is 14.4 Å². The summed E-state index contributed by atoms with van der Waals surface area (Å²) < 4.78 is 0. The predicted octanol–water partition coefficient (Wildman–Crippen LogP) is 0.678. The van der Waals surface area contributed by atoms with Gasteiger partial charge in [-0.3, -0.25) is 4.79 Å². The quantitative estimate of drug-likeness (QED) is 0.659. The lowest BCUT2D eigenvalue weighted by Crippen LogP contribution is -2.41. The molecule has 0 bridgehead atoms. The minimum Gasteiger partial charge on any atom is -0.480 e. The van der Waals surface area contributed by atoms with E-state index in [1.165, 1.54) is 18.7 Å². The minimum absolute atomic E-state index is 0.0539. The van der Waals surface area contributed by atoms with Crippen LogP contribution in [0.25, 0.3) is 0 Å². The summed E-state index contributed by atoms with van der Waals surface area (Å²) in [6.45, 7) is 1.40. The van der Waals surface area contributed by atoms with E-state index in [-0.39, 0.29) is 24.5 Å². The normalized spacial score (nSPS) is 11.9. The SMILES string of the molecule is CSCCC(NC(=O)CCC(C)=O)C(=O)O. The Labute approximate surface area is 99.0 Å². The van der Waals surface area contributed by atoms with Crippen LogP contribution in [0, 0.1) is 0 Å². The van der Waals surface area contributed by atoms with Gasteiger partial charge in [-0.25, -0.2) is 4.79 Å². The molecule has 0 rings (SSSR count). The highest BCUT2D eigenvalue weighted by Crippen LogP contribution is 2.02. The summed E-state index contributed by atoms with van der Waals surface area (Å²) in [5.74, 6) is -0.829. The van der Waals surface area contributed by atoms with Crippen LogP contribution in [0.1, 0.15) is 26.2 Å². The number of hydrogen-bond donors (Lipinski definition) is 2. The molecule has 1 unspecified atom stereocenters. The average molecular weight is 247 g/mol. The maximum Gasteiger partial charge on any atom is 0.326 e. The Bertz CT molecular complexity index is 268. The lowest BCUT2D eigenvalue weighted by Gasteiger charge is -2.13. The lowest BCUT2D eigenvalue weighted by molar-refractivity contribution is -0.141. The van der Waals surface area contributed by atoms with Crippen molar-refractivity contribution in [2.45, 2.75) is 32.2 Å². The molecule has 0 saturated carbocycles. The third-order valence-corrected chi connectivity index (χ3v) is 2.59. The molecule has 0 fully saturated rings. The van der Waals surface area contributed by atoms with Gasteiger partial charge in [0.25, 0.3) is 0 Å². The van der Waals surface area contributed by atoms with E-state index in [1.807, 2.05) is 6.26 Å². The summed E-state index contributed by atoms with van der Waals surface area (Å²) in [7, 11) is 0. The standard InChI is InChI=1S/C10H17NO4S/c1-7(12)3-4-9(13)11-8(10(14)15)5-6-16-2/h8H,3-6H2,1-2H3,(H,11,13)(H,14,15). The maximum absolute atomic E-state index is 11.3. The number of carboxylic acids is 1. The number of carbonyl (C=O) groups excluding carboxylic acids is 2. The van der Waals surface area contributed by atoms with Gasteiger partial charge in [-0.15, -0.1) is 0 Å². The van der Waals surface area contributed by atoms with Crippen molar-refractivity contribution in [1.82, 2.24) is 5.32 Å². The Morgan fingerprint density at radius 2 is 1.94 bits per heavy atom. The fraction of sp³-hybridized carbons (Fsp3) is 0.700. The molecule has 92 valence electrons. The summed E-state index contributed by atoms with van der Waals surface area (Å²) in [5.41, 5.74) is 0. The molecule has 0 saturated heterocycles. The zero-order valence-corrected chi connectivity index (χ0v) is 10.3. The number of rotatable bonds is 8. The second kappa shape index (κ2) is 8.15. The molecule has 0 aliphatic heterocycles. The molecule has 0 spiro atoms. The molecule has 0 aromatic rings. The maximum atomic E-state index is 11.3. The molecule has 1 amide bonds. The van der Waals surface area contributed by atoms with E-state index in [0.29, 0.717) is 12.2 Å². The Balaban J connectivity index is 4.02. The fourth-order valence-electron chi connectivity index (χ4n) is 1.05. The van der Waals surface area contributed by atoms with E-state index in [9.17, 15) is 14.4 Å². The number of nitrogens with one attached hydrogen (secondary N) is 1. The zero-order chi connectivity index (χ0) is 12.6. The van der Waals surface area contributed by atoms with E-state index >= 15 is 0 Å². The van der Waals surface area contributed by atoms with Crippen molar-refractivity contribution in [2.75, 3.05) is 12.0 Å². The molecule has 16 heavy (non-hydrogen) atoms. The van der Waals surface area contributed by atoms with Crippen LogP contribution in [0.4, 0.5) is 0 Å². The van der Waals surface area contributed by atoms with Gasteiger partial charge in [0.1, 0.15) is 11.8 Å². The number of thioether (sulfide) groups is 1. The van der Waals surface area contributed by atoms with Gasteiger partial charge >= 0.3 is 5.97 Å². The van der Waals surface area contributed by atoms with Gasteiger partial charge in [0, 0.05) is 12.8 Å². The van der Waals surface area contributed by atoms with Crippen molar-refractivity contribution in [3.05, 3.63) is 0 Å². The summed E-state index contributed by atoms with van der Waals surface area (Å²) in [6, 6.07) is -0.855. The first-order chi connectivity index (χ1) is 7.47. The molecule has 0 aromatic heterocycles. The van der Waals surface area contributed by atoms with Crippen molar-refractivity contribution in [1.29, 1.82) is 0 Å². The molecule has 5 nitrogen and oxygen atoms in total. The summed E-state index contributed by atoms with van der Waals surface area (Å²) in [4.78, 5) is 32.7. The highest BCUT2D eigenvalue weighted by atomic mass is 32.2. The highest BCUT2D eigenvalue weighted by molar-refractivity contribution is 7.98. The van der Waals surface area contributed by atoms with E-state index in [4.69, 9.17) is 5.11 Å². The van der Waals surface area contributed by atoms with Crippen LogP contribution in [0.5, 0.6) is 0 Å². The molecule has 0 aliphatic carbocycles. The Kier molecular flexibility index (Phi) is 7.62. The van der Waals surface area contributed by atoms with E-state index in [0.717, 1.165) is 0 Å². The van der Waals surface area contributed by atoms with Gasteiger partial charge in [-0.1, -0.05) is 0 Å². The Morgan fingerprint density at radius 3 is 2.38 bits per heavy atom. The van der Waals surface area contributed by atoms with Crippen LogP contribution >= 0.6 is 11.8 Å². The smallest absolute Gasteiger partial charge is 0.326 e. The van der Waals surface area contributed by atoms with Crippen LogP contribution in [0.3, 0.4) is 0 Å².